The molecule has 0 spiro atoms. The highest BCUT2D eigenvalue weighted by atomic mass is 17.0. The van der Waals surface area contributed by atoms with Crippen LogP contribution < -0.4 is 0 Å². The fourth-order valence-electron chi connectivity index (χ4n) is 2.08. The van der Waals surface area contributed by atoms with Gasteiger partial charge in [-0.15, -0.1) is 0 Å². The van der Waals surface area contributed by atoms with Crippen LogP contribution in [-0.4, -0.2) is 119 Å². The first-order valence-corrected chi connectivity index (χ1v) is 11.4. The minimum Gasteiger partial charge on any atom is -0.478 e. The van der Waals surface area contributed by atoms with E-state index in [0.717, 1.165) is 22.6 Å². The Morgan fingerprint density at radius 2 is 0.921 bits per heavy atom. The number of ether oxygens (including phenoxy) is 2. The Kier molecular flexibility index (Phi) is 18.5. The zero-order valence-corrected chi connectivity index (χ0v) is 21.6. The molecule has 218 valence electrons. The molecule has 0 radical (unpaired) electrons. The number of esters is 2. The van der Waals surface area contributed by atoms with Crippen LogP contribution in [-0.2, 0) is 48.0 Å². The normalized spacial score (nSPS) is 15.1. The summed E-state index contributed by atoms with van der Waals surface area (Å²) in [4.78, 5) is 65.8. The third kappa shape index (κ3) is 21.2. The SMILES string of the molecule is CC(O)CON(CCN(OCC(C)O)OCC(C)OC(=O)/C=C\C(=O)O)OCC(C)OC(=O)/C=C\C(=O)O. The summed E-state index contributed by atoms with van der Waals surface area (Å²) in [6.45, 7) is 5.15. The van der Waals surface area contributed by atoms with E-state index < -0.39 is 48.3 Å². The lowest BCUT2D eigenvalue weighted by Gasteiger charge is -2.27. The molecule has 0 rings (SSSR count). The molecule has 16 nitrogen and oxygen atoms in total. The van der Waals surface area contributed by atoms with E-state index in [2.05, 4.69) is 0 Å². The van der Waals surface area contributed by atoms with Gasteiger partial charge in [0.25, 0.3) is 0 Å². The highest BCUT2D eigenvalue weighted by Crippen LogP contribution is 2.04. The lowest BCUT2D eigenvalue weighted by atomic mass is 10.4. The third-order valence-electron chi connectivity index (χ3n) is 3.65. The quantitative estimate of drug-likeness (QED) is 0.0781. The molecule has 0 aliphatic heterocycles. The van der Waals surface area contributed by atoms with Crippen LogP contribution in [0.4, 0.5) is 0 Å². The number of carboxylic acids is 2. The van der Waals surface area contributed by atoms with E-state index >= 15 is 0 Å². The van der Waals surface area contributed by atoms with Crippen LogP contribution in [0.5, 0.6) is 0 Å². The van der Waals surface area contributed by atoms with Crippen LogP contribution in [0.15, 0.2) is 24.3 Å². The van der Waals surface area contributed by atoms with E-state index in [9.17, 15) is 29.4 Å². The molecule has 0 saturated heterocycles. The molecule has 4 N–H and O–H groups in total. The molecule has 0 aromatic rings. The molecule has 38 heavy (non-hydrogen) atoms. The molecule has 0 aliphatic carbocycles. The summed E-state index contributed by atoms with van der Waals surface area (Å²) < 4.78 is 9.96. The van der Waals surface area contributed by atoms with Crippen molar-refractivity contribution in [1.82, 2.24) is 10.5 Å². The van der Waals surface area contributed by atoms with Gasteiger partial charge in [-0.3, -0.25) is 19.4 Å². The lowest BCUT2D eigenvalue weighted by molar-refractivity contribution is -0.409. The maximum absolute atomic E-state index is 11.6. The van der Waals surface area contributed by atoms with Crippen LogP contribution in [0.25, 0.3) is 0 Å². The summed E-state index contributed by atoms with van der Waals surface area (Å²) in [5.74, 6) is -4.40. The minimum atomic E-state index is -1.31. The first kappa shape index (κ1) is 35.0. The van der Waals surface area contributed by atoms with Gasteiger partial charge in [-0.1, -0.05) is 10.5 Å². The maximum atomic E-state index is 11.6. The van der Waals surface area contributed by atoms with Crippen LogP contribution in [0.1, 0.15) is 27.7 Å². The predicted octanol–water partition coefficient (Wildman–Crippen LogP) is -0.777. The lowest BCUT2D eigenvalue weighted by Crippen LogP contribution is -2.40. The van der Waals surface area contributed by atoms with Crippen molar-refractivity contribution in [2.75, 3.05) is 39.5 Å². The highest BCUT2D eigenvalue weighted by Gasteiger charge is 2.18. The molecule has 4 atom stereocenters. The molecular weight excluding hydrogens is 516 g/mol. The summed E-state index contributed by atoms with van der Waals surface area (Å²) in [6, 6.07) is 0. The van der Waals surface area contributed by atoms with Gasteiger partial charge in [0.2, 0.25) is 0 Å². The first-order chi connectivity index (χ1) is 17.8. The maximum Gasteiger partial charge on any atom is 0.331 e. The van der Waals surface area contributed by atoms with Gasteiger partial charge < -0.3 is 29.9 Å². The van der Waals surface area contributed by atoms with Gasteiger partial charge in [0.1, 0.15) is 25.4 Å². The van der Waals surface area contributed by atoms with E-state index in [1.54, 1.807) is 0 Å². The van der Waals surface area contributed by atoms with Crippen LogP contribution in [0.3, 0.4) is 0 Å². The fraction of sp³-hybridized carbons (Fsp3) is 0.636. The Morgan fingerprint density at radius 3 is 1.21 bits per heavy atom. The summed E-state index contributed by atoms with van der Waals surface area (Å²) in [5, 5.41) is 38.1. The smallest absolute Gasteiger partial charge is 0.331 e. The second-order valence-corrected chi connectivity index (χ2v) is 7.83. The summed E-state index contributed by atoms with van der Waals surface area (Å²) in [5.41, 5.74) is 0. The second-order valence-electron chi connectivity index (χ2n) is 7.83. The number of rotatable bonds is 21. The monoisotopic (exact) mass is 552 g/mol. The summed E-state index contributed by atoms with van der Waals surface area (Å²) in [7, 11) is 0. The van der Waals surface area contributed by atoms with E-state index in [0.29, 0.717) is 12.2 Å². The largest absolute Gasteiger partial charge is 0.478 e. The Hall–Kier alpha value is -2.96. The van der Waals surface area contributed by atoms with E-state index in [1.165, 1.54) is 27.7 Å². The summed E-state index contributed by atoms with van der Waals surface area (Å²) in [6.07, 6.45) is -0.545. The molecular formula is C22H36N2O14. The topological polar surface area (TPSA) is 211 Å². The molecule has 16 heteroatoms. The molecule has 0 bridgehead atoms. The molecule has 0 aliphatic rings. The number of hydroxylamine groups is 4. The van der Waals surface area contributed by atoms with E-state index in [1.807, 2.05) is 0 Å². The van der Waals surface area contributed by atoms with Crippen LogP contribution >= 0.6 is 0 Å². The number of aliphatic hydroxyl groups excluding tert-OH is 2. The van der Waals surface area contributed by atoms with Crippen molar-refractivity contribution in [1.29, 1.82) is 0 Å². The molecule has 0 aromatic carbocycles. The van der Waals surface area contributed by atoms with Gasteiger partial charge in [0, 0.05) is 24.3 Å². The number of aliphatic hydroxyl groups is 2. The van der Waals surface area contributed by atoms with Crippen LogP contribution in [0.2, 0.25) is 0 Å². The fourth-order valence-corrected chi connectivity index (χ4v) is 2.08. The van der Waals surface area contributed by atoms with Gasteiger partial charge in [-0.2, -0.15) is 0 Å². The number of hydrogen-bond donors (Lipinski definition) is 4. The van der Waals surface area contributed by atoms with Crippen molar-refractivity contribution in [3.05, 3.63) is 24.3 Å². The Labute approximate surface area is 219 Å². The zero-order valence-electron chi connectivity index (χ0n) is 21.6. The van der Waals surface area contributed by atoms with E-state index in [4.69, 9.17) is 39.0 Å². The van der Waals surface area contributed by atoms with Gasteiger partial charge in [0.05, 0.1) is 38.5 Å². The van der Waals surface area contributed by atoms with Gasteiger partial charge in [-0.25, -0.2) is 19.2 Å². The predicted molar refractivity (Wildman–Crippen MR) is 125 cm³/mol. The van der Waals surface area contributed by atoms with Gasteiger partial charge >= 0.3 is 23.9 Å². The third-order valence-corrected chi connectivity index (χ3v) is 3.65. The first-order valence-electron chi connectivity index (χ1n) is 11.4. The standard InChI is InChI=1S/C22H36N2O14/c1-15(25)11-33-23(35-13-17(3)37-21(31)7-5-19(27)28)9-10-24(34-12-16(2)26)36-14-18(4)38-22(32)8-6-20(29)30/h5-8,15-18,25-26H,9-14H2,1-4H3,(H,27,28)(H,29,30)/b7-5-,8-6-. The van der Waals surface area contributed by atoms with Gasteiger partial charge in [0.15, 0.2) is 0 Å². The van der Waals surface area contributed by atoms with Crippen molar-refractivity contribution >= 4 is 23.9 Å². The van der Waals surface area contributed by atoms with Crippen molar-refractivity contribution < 1.29 is 68.4 Å². The molecule has 0 fully saturated rings. The van der Waals surface area contributed by atoms with Crippen molar-refractivity contribution in [2.45, 2.75) is 52.1 Å². The molecule has 0 saturated carbocycles. The average Bonchev–Trinajstić information content (AvgIpc) is 2.81. The molecule has 0 amide bonds. The number of carbonyl (C=O) groups excluding carboxylic acids is 2. The zero-order chi connectivity index (χ0) is 29.1. The van der Waals surface area contributed by atoms with Crippen molar-refractivity contribution in [3.8, 4) is 0 Å². The Balaban J connectivity index is 4.96. The van der Waals surface area contributed by atoms with E-state index in [-0.39, 0.29) is 39.5 Å². The average molecular weight is 553 g/mol. The molecule has 0 aromatic heterocycles. The summed E-state index contributed by atoms with van der Waals surface area (Å²) >= 11 is 0. The van der Waals surface area contributed by atoms with Crippen LogP contribution in [0, 0.1) is 0 Å². The van der Waals surface area contributed by atoms with Crippen molar-refractivity contribution in [2.24, 2.45) is 0 Å². The Bertz CT molecular complexity index is 722. The Morgan fingerprint density at radius 1 is 0.605 bits per heavy atom. The number of hydrogen-bond acceptors (Lipinski definition) is 14. The number of carboxylic acid groups (broad SMARTS) is 2. The highest BCUT2D eigenvalue weighted by molar-refractivity contribution is 5.91. The van der Waals surface area contributed by atoms with Crippen molar-refractivity contribution in [3.63, 3.8) is 0 Å². The number of nitrogens with zero attached hydrogens (tertiary/aromatic N) is 2. The minimum absolute atomic E-state index is 0.0539. The molecule has 0 heterocycles. The number of aliphatic carboxylic acids is 2. The number of carbonyl (C=O) groups is 4. The molecule has 4 unspecified atom stereocenters. The second kappa shape index (κ2) is 20.1. The van der Waals surface area contributed by atoms with Gasteiger partial charge in [-0.05, 0) is 27.7 Å².